The van der Waals surface area contributed by atoms with E-state index in [4.69, 9.17) is 14.2 Å². The maximum Gasteiger partial charge on any atom is 0.231 e. The first kappa shape index (κ1) is 18.7. The molecule has 1 N–H and O–H groups in total. The molecule has 0 fully saturated rings. The molecule has 4 rings (SSSR count). The molecular weight excluding hydrogens is 354 g/mol. The summed E-state index contributed by atoms with van der Waals surface area (Å²) in [4.78, 5) is 12.7. The Morgan fingerprint density at radius 2 is 1.86 bits per heavy atom. The zero-order chi connectivity index (χ0) is 19.6. The van der Waals surface area contributed by atoms with Crippen LogP contribution >= 0.6 is 0 Å². The Kier molecular flexibility index (Phi) is 5.16. The molecule has 2 aromatic carbocycles. The Labute approximate surface area is 166 Å². The fourth-order valence-electron chi connectivity index (χ4n) is 4.05. The highest BCUT2D eigenvalue weighted by molar-refractivity contribution is 5.77. The van der Waals surface area contributed by atoms with Crippen LogP contribution in [0.1, 0.15) is 56.7 Å². The lowest BCUT2D eigenvalue weighted by molar-refractivity contribution is -0.122. The van der Waals surface area contributed by atoms with E-state index >= 15 is 0 Å². The Hall–Kier alpha value is -2.69. The molecule has 0 spiro atoms. The third-order valence-electron chi connectivity index (χ3n) is 5.90. The van der Waals surface area contributed by atoms with Crippen LogP contribution in [-0.4, -0.2) is 18.3 Å². The minimum atomic E-state index is -0.219. The van der Waals surface area contributed by atoms with E-state index < -0.39 is 0 Å². The predicted molar refractivity (Wildman–Crippen MR) is 107 cm³/mol. The summed E-state index contributed by atoms with van der Waals surface area (Å²) in [6, 6.07) is 13.9. The number of hydrogen-bond donors (Lipinski definition) is 1. The number of carbonyl (C=O) groups excluding carboxylic acids is 1. The zero-order valence-corrected chi connectivity index (χ0v) is 16.5. The van der Waals surface area contributed by atoms with Gasteiger partial charge in [-0.05, 0) is 43.0 Å². The van der Waals surface area contributed by atoms with Crippen LogP contribution in [0.2, 0.25) is 0 Å². The SMILES string of the molecule is CCC1(CC)C[C@H](NC(=O)CCc2ccc3c(c2)OCO3)c2ccccc2O1. The van der Waals surface area contributed by atoms with Crippen LogP contribution < -0.4 is 19.5 Å². The van der Waals surface area contributed by atoms with Crippen LogP contribution in [-0.2, 0) is 11.2 Å². The molecular formula is C23H27NO4. The molecule has 2 aromatic rings. The number of rotatable bonds is 6. The number of benzene rings is 2. The molecule has 0 radical (unpaired) electrons. The highest BCUT2D eigenvalue weighted by Crippen LogP contribution is 2.42. The summed E-state index contributed by atoms with van der Waals surface area (Å²) in [7, 11) is 0. The van der Waals surface area contributed by atoms with E-state index in [0.29, 0.717) is 12.8 Å². The second kappa shape index (κ2) is 7.74. The van der Waals surface area contributed by atoms with Crippen LogP contribution in [0.15, 0.2) is 42.5 Å². The molecule has 1 amide bonds. The molecule has 5 heteroatoms. The standard InChI is InChI=1S/C23H27NO4/c1-3-23(4-2)14-18(17-7-5-6-8-19(17)28-23)24-22(25)12-10-16-9-11-20-21(13-16)27-15-26-20/h5-9,11,13,18H,3-4,10,12,14-15H2,1-2H3,(H,24,25)/t18-/m0/s1. The van der Waals surface area contributed by atoms with E-state index in [1.165, 1.54) is 0 Å². The number of nitrogens with one attached hydrogen (secondary N) is 1. The Morgan fingerprint density at radius 1 is 1.07 bits per heavy atom. The minimum absolute atomic E-state index is 0.0193. The topological polar surface area (TPSA) is 56.8 Å². The molecule has 28 heavy (non-hydrogen) atoms. The number of hydrogen-bond acceptors (Lipinski definition) is 4. The van der Waals surface area contributed by atoms with E-state index in [1.54, 1.807) is 0 Å². The number of aryl methyl sites for hydroxylation is 1. The smallest absolute Gasteiger partial charge is 0.231 e. The first-order valence-corrected chi connectivity index (χ1v) is 10.1. The molecule has 0 unspecified atom stereocenters. The van der Waals surface area contributed by atoms with E-state index in [9.17, 15) is 4.79 Å². The number of carbonyl (C=O) groups is 1. The van der Waals surface area contributed by atoms with Crippen molar-refractivity contribution in [2.24, 2.45) is 0 Å². The summed E-state index contributed by atoms with van der Waals surface area (Å²) in [6.07, 6.45) is 3.74. The average Bonchev–Trinajstić information content (AvgIpc) is 3.20. The van der Waals surface area contributed by atoms with Gasteiger partial charge in [-0.15, -0.1) is 0 Å². The monoisotopic (exact) mass is 381 g/mol. The quantitative estimate of drug-likeness (QED) is 0.798. The molecule has 0 saturated carbocycles. The van der Waals surface area contributed by atoms with E-state index in [2.05, 4.69) is 19.2 Å². The van der Waals surface area contributed by atoms with Crippen LogP contribution in [0.4, 0.5) is 0 Å². The average molecular weight is 381 g/mol. The summed E-state index contributed by atoms with van der Waals surface area (Å²) in [6.45, 7) is 4.56. The molecule has 2 heterocycles. The molecule has 0 aliphatic carbocycles. The highest BCUT2D eigenvalue weighted by atomic mass is 16.7. The molecule has 0 saturated heterocycles. The van der Waals surface area contributed by atoms with Gasteiger partial charge in [-0.3, -0.25) is 4.79 Å². The van der Waals surface area contributed by atoms with Crippen LogP contribution in [0, 0.1) is 0 Å². The van der Waals surface area contributed by atoms with Crippen molar-refractivity contribution in [3.05, 3.63) is 53.6 Å². The van der Waals surface area contributed by atoms with E-state index in [0.717, 1.165) is 47.6 Å². The second-order valence-corrected chi connectivity index (χ2v) is 7.54. The van der Waals surface area contributed by atoms with Crippen molar-refractivity contribution in [2.75, 3.05) is 6.79 Å². The van der Waals surface area contributed by atoms with Crippen molar-refractivity contribution in [2.45, 2.75) is 57.6 Å². The third-order valence-corrected chi connectivity index (χ3v) is 5.90. The third kappa shape index (κ3) is 3.66. The maximum absolute atomic E-state index is 12.7. The number of fused-ring (bicyclic) bond motifs is 2. The lowest BCUT2D eigenvalue weighted by atomic mass is 9.83. The van der Waals surface area contributed by atoms with Gasteiger partial charge in [0, 0.05) is 18.4 Å². The van der Waals surface area contributed by atoms with Gasteiger partial charge in [-0.25, -0.2) is 0 Å². The first-order valence-electron chi connectivity index (χ1n) is 10.1. The molecule has 0 aromatic heterocycles. The van der Waals surface area contributed by atoms with Crippen molar-refractivity contribution in [3.63, 3.8) is 0 Å². The largest absolute Gasteiger partial charge is 0.487 e. The molecule has 1 atom stereocenters. The Bertz CT molecular complexity index is 859. The number of para-hydroxylation sites is 1. The van der Waals surface area contributed by atoms with Gasteiger partial charge in [0.25, 0.3) is 0 Å². The van der Waals surface area contributed by atoms with Crippen molar-refractivity contribution >= 4 is 5.91 Å². The fraction of sp³-hybridized carbons (Fsp3) is 0.435. The summed E-state index contributed by atoms with van der Waals surface area (Å²) in [5.74, 6) is 2.47. The predicted octanol–water partition coefficient (Wildman–Crippen LogP) is 4.55. The number of amides is 1. The van der Waals surface area contributed by atoms with E-state index in [1.807, 2.05) is 42.5 Å². The zero-order valence-electron chi connectivity index (χ0n) is 16.5. The maximum atomic E-state index is 12.7. The second-order valence-electron chi connectivity index (χ2n) is 7.54. The summed E-state index contributed by atoms with van der Waals surface area (Å²) in [5.41, 5.74) is 1.92. The van der Waals surface area contributed by atoms with Crippen molar-refractivity contribution < 1.29 is 19.0 Å². The van der Waals surface area contributed by atoms with Gasteiger partial charge < -0.3 is 19.5 Å². The Morgan fingerprint density at radius 3 is 2.68 bits per heavy atom. The molecule has 2 aliphatic rings. The van der Waals surface area contributed by atoms with Gasteiger partial charge in [-0.2, -0.15) is 0 Å². The summed E-state index contributed by atoms with van der Waals surface area (Å²) < 4.78 is 17.1. The van der Waals surface area contributed by atoms with Gasteiger partial charge in [-0.1, -0.05) is 38.1 Å². The normalized spacial score (nSPS) is 18.9. The lowest BCUT2D eigenvalue weighted by Crippen LogP contribution is -2.44. The molecule has 2 aliphatic heterocycles. The van der Waals surface area contributed by atoms with Gasteiger partial charge in [0.05, 0.1) is 6.04 Å². The summed E-state index contributed by atoms with van der Waals surface area (Å²) in [5, 5.41) is 3.25. The highest BCUT2D eigenvalue weighted by Gasteiger charge is 2.38. The van der Waals surface area contributed by atoms with Gasteiger partial charge in [0.2, 0.25) is 12.7 Å². The van der Waals surface area contributed by atoms with Crippen molar-refractivity contribution in [1.29, 1.82) is 0 Å². The molecule has 0 bridgehead atoms. The van der Waals surface area contributed by atoms with Crippen molar-refractivity contribution in [1.82, 2.24) is 5.32 Å². The molecule has 148 valence electrons. The van der Waals surface area contributed by atoms with Gasteiger partial charge in [0.1, 0.15) is 11.4 Å². The minimum Gasteiger partial charge on any atom is -0.487 e. The van der Waals surface area contributed by atoms with Gasteiger partial charge in [0.15, 0.2) is 11.5 Å². The Balaban J connectivity index is 1.43. The van der Waals surface area contributed by atoms with E-state index in [-0.39, 0.29) is 24.3 Å². The van der Waals surface area contributed by atoms with Crippen LogP contribution in [0.5, 0.6) is 17.2 Å². The fourth-order valence-corrected chi connectivity index (χ4v) is 4.05. The molecule has 5 nitrogen and oxygen atoms in total. The first-order chi connectivity index (χ1) is 13.6. The summed E-state index contributed by atoms with van der Waals surface area (Å²) >= 11 is 0. The van der Waals surface area contributed by atoms with Crippen LogP contribution in [0.25, 0.3) is 0 Å². The lowest BCUT2D eigenvalue weighted by Gasteiger charge is -2.41. The van der Waals surface area contributed by atoms with Crippen molar-refractivity contribution in [3.8, 4) is 17.2 Å². The van der Waals surface area contributed by atoms with Crippen LogP contribution in [0.3, 0.4) is 0 Å². The number of ether oxygens (including phenoxy) is 3. The van der Waals surface area contributed by atoms with Gasteiger partial charge >= 0.3 is 0 Å².